The molecule has 2 heterocycles. The van der Waals surface area contributed by atoms with E-state index < -0.39 is 5.97 Å². The Morgan fingerprint density at radius 1 is 1.54 bits per heavy atom. The molecule has 0 saturated heterocycles. The molecular formula is C7H6ClN3O2. The van der Waals surface area contributed by atoms with Gasteiger partial charge in [0.25, 0.3) is 0 Å². The fraction of sp³-hybridized carbons (Fsp3) is 0. The number of fused-ring (bicyclic) bond motifs is 1. The first-order valence-corrected chi connectivity index (χ1v) is 3.30. The summed E-state index contributed by atoms with van der Waals surface area (Å²) in [7, 11) is 0. The van der Waals surface area contributed by atoms with Crippen molar-refractivity contribution in [2.75, 3.05) is 0 Å². The zero-order valence-corrected chi connectivity index (χ0v) is 7.21. The van der Waals surface area contributed by atoms with Gasteiger partial charge in [0.05, 0.1) is 17.2 Å². The van der Waals surface area contributed by atoms with Crippen LogP contribution in [0.5, 0.6) is 0 Å². The van der Waals surface area contributed by atoms with Crippen LogP contribution in [-0.2, 0) is 0 Å². The topological polar surface area (TPSA) is 78.9 Å². The number of aromatic carboxylic acids is 1. The van der Waals surface area contributed by atoms with Crippen molar-refractivity contribution in [2.45, 2.75) is 0 Å². The van der Waals surface area contributed by atoms with Gasteiger partial charge < -0.3 is 10.1 Å². The zero-order valence-electron chi connectivity index (χ0n) is 6.39. The van der Waals surface area contributed by atoms with E-state index in [1.165, 1.54) is 6.20 Å². The minimum Gasteiger partial charge on any atom is -0.475 e. The number of aromatic amines is 1. The Labute approximate surface area is 79.2 Å². The number of hydrogen-bond donors (Lipinski definition) is 2. The SMILES string of the molecule is Cl.O=C(O)c1nc2ccncc2[nH]1. The van der Waals surface area contributed by atoms with Gasteiger partial charge >= 0.3 is 5.97 Å². The van der Waals surface area contributed by atoms with Crippen LogP contribution >= 0.6 is 12.4 Å². The summed E-state index contributed by atoms with van der Waals surface area (Å²) in [5.74, 6) is -1.12. The third kappa shape index (κ3) is 1.59. The molecule has 2 aromatic heterocycles. The minimum atomic E-state index is -1.06. The molecule has 2 aromatic rings. The summed E-state index contributed by atoms with van der Waals surface area (Å²) in [5.41, 5.74) is 1.25. The maximum atomic E-state index is 10.5. The lowest BCUT2D eigenvalue weighted by atomic mass is 10.4. The first kappa shape index (κ1) is 9.47. The van der Waals surface area contributed by atoms with Gasteiger partial charge in [0.15, 0.2) is 0 Å². The Hall–Kier alpha value is -1.62. The van der Waals surface area contributed by atoms with Crippen molar-refractivity contribution in [3.05, 3.63) is 24.3 Å². The molecule has 0 aromatic carbocycles. The van der Waals surface area contributed by atoms with Gasteiger partial charge in [-0.3, -0.25) is 4.98 Å². The summed E-state index contributed by atoms with van der Waals surface area (Å²) in [6.45, 7) is 0. The van der Waals surface area contributed by atoms with Gasteiger partial charge in [-0.05, 0) is 6.07 Å². The number of carboxylic acid groups (broad SMARTS) is 1. The number of nitrogens with zero attached hydrogens (tertiary/aromatic N) is 2. The normalized spacial score (nSPS) is 9.54. The Morgan fingerprint density at radius 2 is 2.31 bits per heavy atom. The number of H-pyrrole nitrogens is 1. The summed E-state index contributed by atoms with van der Waals surface area (Å²) in [6, 6.07) is 1.65. The maximum absolute atomic E-state index is 10.5. The van der Waals surface area contributed by atoms with E-state index in [1.807, 2.05) is 0 Å². The maximum Gasteiger partial charge on any atom is 0.371 e. The highest BCUT2D eigenvalue weighted by molar-refractivity contribution is 5.88. The quantitative estimate of drug-likeness (QED) is 0.720. The molecule has 5 nitrogen and oxygen atoms in total. The van der Waals surface area contributed by atoms with Crippen LogP contribution in [0.15, 0.2) is 18.5 Å². The molecule has 0 bridgehead atoms. The summed E-state index contributed by atoms with van der Waals surface area (Å²) >= 11 is 0. The first-order valence-electron chi connectivity index (χ1n) is 3.30. The number of carbonyl (C=O) groups is 1. The van der Waals surface area contributed by atoms with Gasteiger partial charge in [-0.1, -0.05) is 0 Å². The van der Waals surface area contributed by atoms with Gasteiger partial charge in [0, 0.05) is 6.20 Å². The monoisotopic (exact) mass is 199 g/mol. The van der Waals surface area contributed by atoms with Crippen molar-refractivity contribution in [3.63, 3.8) is 0 Å². The predicted octanol–water partition coefficient (Wildman–Crippen LogP) is 1.08. The molecule has 68 valence electrons. The molecule has 0 aliphatic rings. The molecule has 6 heteroatoms. The third-order valence-electron chi connectivity index (χ3n) is 1.49. The Morgan fingerprint density at radius 3 is 2.92 bits per heavy atom. The zero-order chi connectivity index (χ0) is 8.55. The predicted molar refractivity (Wildman–Crippen MR) is 48.1 cm³/mol. The molecular weight excluding hydrogens is 194 g/mol. The van der Waals surface area contributed by atoms with E-state index in [2.05, 4.69) is 15.0 Å². The van der Waals surface area contributed by atoms with Gasteiger partial charge in [0.1, 0.15) is 0 Å². The van der Waals surface area contributed by atoms with E-state index in [1.54, 1.807) is 12.3 Å². The fourth-order valence-corrected chi connectivity index (χ4v) is 0.958. The van der Waals surface area contributed by atoms with E-state index in [-0.39, 0.29) is 18.2 Å². The van der Waals surface area contributed by atoms with E-state index in [0.717, 1.165) is 0 Å². The molecule has 0 spiro atoms. The van der Waals surface area contributed by atoms with Crippen molar-refractivity contribution < 1.29 is 9.90 Å². The molecule has 2 N–H and O–H groups in total. The van der Waals surface area contributed by atoms with E-state index in [0.29, 0.717) is 11.0 Å². The van der Waals surface area contributed by atoms with Crippen molar-refractivity contribution >= 4 is 29.4 Å². The van der Waals surface area contributed by atoms with Crippen molar-refractivity contribution in [1.82, 2.24) is 15.0 Å². The van der Waals surface area contributed by atoms with Crippen LogP contribution in [0.25, 0.3) is 11.0 Å². The first-order chi connectivity index (χ1) is 5.77. The second-order valence-corrected chi connectivity index (χ2v) is 2.28. The number of aromatic nitrogens is 3. The number of nitrogens with one attached hydrogen (secondary N) is 1. The molecule has 0 atom stereocenters. The Kier molecular flexibility index (Phi) is 2.48. The molecule has 0 radical (unpaired) electrons. The number of imidazole rings is 1. The lowest BCUT2D eigenvalue weighted by Crippen LogP contribution is -1.97. The smallest absolute Gasteiger partial charge is 0.371 e. The van der Waals surface area contributed by atoms with Gasteiger partial charge in [-0.25, -0.2) is 9.78 Å². The lowest BCUT2D eigenvalue weighted by molar-refractivity contribution is 0.0685. The summed E-state index contributed by atoms with van der Waals surface area (Å²) in [4.78, 5) is 20.7. The third-order valence-corrected chi connectivity index (χ3v) is 1.49. The largest absolute Gasteiger partial charge is 0.475 e. The van der Waals surface area contributed by atoms with Crippen LogP contribution in [0.4, 0.5) is 0 Å². The van der Waals surface area contributed by atoms with Crippen molar-refractivity contribution in [3.8, 4) is 0 Å². The van der Waals surface area contributed by atoms with Crippen LogP contribution in [0.3, 0.4) is 0 Å². The van der Waals surface area contributed by atoms with Crippen LogP contribution in [0.1, 0.15) is 10.6 Å². The van der Waals surface area contributed by atoms with E-state index >= 15 is 0 Å². The highest BCUT2D eigenvalue weighted by atomic mass is 35.5. The average Bonchev–Trinajstić information content (AvgIpc) is 2.46. The number of carboxylic acids is 1. The molecule has 0 unspecified atom stereocenters. The molecule has 2 rings (SSSR count). The number of rotatable bonds is 1. The fourth-order valence-electron chi connectivity index (χ4n) is 0.958. The average molecular weight is 200 g/mol. The number of halogens is 1. The number of hydrogen-bond acceptors (Lipinski definition) is 3. The van der Waals surface area contributed by atoms with Crippen LogP contribution in [0.2, 0.25) is 0 Å². The molecule has 0 aliphatic heterocycles. The highest BCUT2D eigenvalue weighted by Gasteiger charge is 2.07. The summed E-state index contributed by atoms with van der Waals surface area (Å²) in [5, 5.41) is 8.57. The summed E-state index contributed by atoms with van der Waals surface area (Å²) < 4.78 is 0. The van der Waals surface area contributed by atoms with Gasteiger partial charge in [0.2, 0.25) is 5.82 Å². The number of pyridine rings is 1. The second-order valence-electron chi connectivity index (χ2n) is 2.28. The van der Waals surface area contributed by atoms with E-state index in [4.69, 9.17) is 5.11 Å². The Balaban J connectivity index is 0.000000845. The molecule has 0 amide bonds. The highest BCUT2D eigenvalue weighted by Crippen LogP contribution is 2.07. The molecule has 0 aliphatic carbocycles. The van der Waals surface area contributed by atoms with Crippen LogP contribution in [-0.4, -0.2) is 26.0 Å². The standard InChI is InChI=1S/C7H5N3O2.ClH/c11-7(12)6-9-4-1-2-8-3-5(4)10-6;/h1-3H,(H,9,10)(H,11,12);1H. The lowest BCUT2D eigenvalue weighted by Gasteiger charge is -1.81. The summed E-state index contributed by atoms with van der Waals surface area (Å²) in [6.07, 6.45) is 3.10. The van der Waals surface area contributed by atoms with Crippen LogP contribution in [0, 0.1) is 0 Å². The molecule has 0 fully saturated rings. The van der Waals surface area contributed by atoms with E-state index in [9.17, 15) is 4.79 Å². The van der Waals surface area contributed by atoms with Crippen molar-refractivity contribution in [2.24, 2.45) is 0 Å². The molecule has 13 heavy (non-hydrogen) atoms. The Bertz CT molecular complexity index is 407. The van der Waals surface area contributed by atoms with Crippen molar-refractivity contribution in [1.29, 1.82) is 0 Å². The molecule has 0 saturated carbocycles. The second kappa shape index (κ2) is 3.40. The minimum absolute atomic E-state index is 0. The van der Waals surface area contributed by atoms with Gasteiger partial charge in [-0.2, -0.15) is 0 Å². The van der Waals surface area contributed by atoms with Crippen LogP contribution < -0.4 is 0 Å². The van der Waals surface area contributed by atoms with Gasteiger partial charge in [-0.15, -0.1) is 12.4 Å².